The largest absolute Gasteiger partial charge is 0.276 e. The predicted molar refractivity (Wildman–Crippen MR) is 57.3 cm³/mol. The number of hydrogen-bond donors (Lipinski definition) is 1. The van der Waals surface area contributed by atoms with Crippen LogP contribution in [0.5, 0.6) is 0 Å². The van der Waals surface area contributed by atoms with Gasteiger partial charge in [0.05, 0.1) is 11.7 Å². The zero-order valence-electron chi connectivity index (χ0n) is 9.05. The minimum Gasteiger partial charge on any atom is -0.276 e. The minimum absolute atomic E-state index is 0.0928. The van der Waals surface area contributed by atoms with E-state index in [0.29, 0.717) is 0 Å². The number of fused-ring (bicyclic) bond motifs is 1. The van der Waals surface area contributed by atoms with Gasteiger partial charge in [0, 0.05) is 11.1 Å². The fraction of sp³-hybridized carbons (Fsp3) is 0.455. The van der Waals surface area contributed by atoms with Gasteiger partial charge in [-0.25, -0.2) is 4.98 Å². The van der Waals surface area contributed by atoms with E-state index in [1.165, 1.54) is 5.56 Å². The second-order valence-electron chi connectivity index (χ2n) is 4.71. The monoisotopic (exact) mass is 189 g/mol. The van der Waals surface area contributed by atoms with E-state index in [4.69, 9.17) is 0 Å². The Bertz CT molecular complexity index is 463. The van der Waals surface area contributed by atoms with Crippen molar-refractivity contribution in [3.8, 4) is 0 Å². The third kappa shape index (κ3) is 1.39. The molecule has 0 aliphatic carbocycles. The van der Waals surface area contributed by atoms with Crippen molar-refractivity contribution >= 4 is 11.0 Å². The molecule has 0 aliphatic heterocycles. The number of pyridine rings is 1. The molecule has 0 aromatic carbocycles. The quantitative estimate of drug-likeness (QED) is 0.692. The van der Waals surface area contributed by atoms with Crippen molar-refractivity contribution in [3.63, 3.8) is 0 Å². The van der Waals surface area contributed by atoms with Gasteiger partial charge in [0.25, 0.3) is 0 Å². The van der Waals surface area contributed by atoms with Crippen LogP contribution in [0.3, 0.4) is 0 Å². The van der Waals surface area contributed by atoms with Crippen LogP contribution in [0.1, 0.15) is 32.0 Å². The standard InChI is InChI=1S/C11H15N3/c1-7-5-8-9(6-12-14-8)13-10(7)11(2,3)4/h5-6H,1-4H3,(H,12,14). The van der Waals surface area contributed by atoms with Crippen LogP contribution in [-0.2, 0) is 5.41 Å². The first-order valence-corrected chi connectivity index (χ1v) is 4.80. The van der Waals surface area contributed by atoms with E-state index in [0.717, 1.165) is 16.7 Å². The molecule has 2 rings (SSSR count). The number of hydrogen-bond acceptors (Lipinski definition) is 2. The first-order chi connectivity index (χ1) is 6.48. The molecule has 0 saturated carbocycles. The number of H-pyrrole nitrogens is 1. The Labute approximate surface area is 83.6 Å². The SMILES string of the molecule is Cc1cc2[nH]ncc2nc1C(C)(C)C. The molecular formula is C11H15N3. The first-order valence-electron chi connectivity index (χ1n) is 4.80. The summed E-state index contributed by atoms with van der Waals surface area (Å²) < 4.78 is 0. The van der Waals surface area contributed by atoms with Crippen molar-refractivity contribution in [2.24, 2.45) is 0 Å². The van der Waals surface area contributed by atoms with Gasteiger partial charge in [-0.3, -0.25) is 5.10 Å². The molecule has 0 atom stereocenters. The van der Waals surface area contributed by atoms with E-state index in [9.17, 15) is 0 Å². The third-order valence-electron chi connectivity index (χ3n) is 2.32. The van der Waals surface area contributed by atoms with Crippen molar-refractivity contribution in [2.75, 3.05) is 0 Å². The number of nitrogens with one attached hydrogen (secondary N) is 1. The van der Waals surface area contributed by atoms with Crippen molar-refractivity contribution in [1.82, 2.24) is 15.2 Å². The molecule has 0 amide bonds. The molecule has 2 aromatic rings. The van der Waals surface area contributed by atoms with Crippen LogP contribution in [0, 0.1) is 6.92 Å². The number of aromatic nitrogens is 3. The summed E-state index contributed by atoms with van der Waals surface area (Å²) in [7, 11) is 0. The van der Waals surface area contributed by atoms with Crippen LogP contribution in [0.2, 0.25) is 0 Å². The van der Waals surface area contributed by atoms with Crippen molar-refractivity contribution in [2.45, 2.75) is 33.1 Å². The Kier molecular flexibility index (Phi) is 1.84. The van der Waals surface area contributed by atoms with Gasteiger partial charge in [0.15, 0.2) is 0 Å². The van der Waals surface area contributed by atoms with E-state index in [-0.39, 0.29) is 5.41 Å². The Morgan fingerprint density at radius 3 is 2.64 bits per heavy atom. The summed E-state index contributed by atoms with van der Waals surface area (Å²) in [6, 6.07) is 2.11. The summed E-state index contributed by atoms with van der Waals surface area (Å²) in [6.07, 6.45) is 1.77. The second-order valence-corrected chi connectivity index (χ2v) is 4.71. The van der Waals surface area contributed by atoms with E-state index in [1.807, 2.05) is 0 Å². The average Bonchev–Trinajstić information content (AvgIpc) is 2.47. The summed E-state index contributed by atoms with van der Waals surface area (Å²) in [6.45, 7) is 8.62. The second kappa shape index (κ2) is 2.80. The lowest BCUT2D eigenvalue weighted by molar-refractivity contribution is 0.567. The average molecular weight is 189 g/mol. The molecule has 0 saturated heterocycles. The van der Waals surface area contributed by atoms with Crippen LogP contribution in [0.15, 0.2) is 12.3 Å². The van der Waals surface area contributed by atoms with Crippen molar-refractivity contribution in [1.29, 1.82) is 0 Å². The van der Waals surface area contributed by atoms with Crippen LogP contribution in [0.4, 0.5) is 0 Å². The first kappa shape index (κ1) is 9.19. The predicted octanol–water partition coefficient (Wildman–Crippen LogP) is 2.56. The number of nitrogens with zero attached hydrogens (tertiary/aromatic N) is 2. The van der Waals surface area contributed by atoms with Crippen molar-refractivity contribution < 1.29 is 0 Å². The van der Waals surface area contributed by atoms with Gasteiger partial charge in [0.1, 0.15) is 5.52 Å². The minimum atomic E-state index is 0.0928. The maximum atomic E-state index is 4.61. The molecule has 74 valence electrons. The molecule has 2 aromatic heterocycles. The Hall–Kier alpha value is -1.38. The lowest BCUT2D eigenvalue weighted by atomic mass is 9.88. The Morgan fingerprint density at radius 2 is 2.00 bits per heavy atom. The highest BCUT2D eigenvalue weighted by molar-refractivity contribution is 5.74. The summed E-state index contributed by atoms with van der Waals surface area (Å²) in [5.74, 6) is 0. The molecule has 0 bridgehead atoms. The van der Waals surface area contributed by atoms with E-state index < -0.39 is 0 Å². The molecule has 0 aliphatic rings. The zero-order chi connectivity index (χ0) is 10.3. The Morgan fingerprint density at radius 1 is 1.29 bits per heavy atom. The van der Waals surface area contributed by atoms with E-state index in [1.54, 1.807) is 6.20 Å². The fourth-order valence-corrected chi connectivity index (χ4v) is 1.74. The van der Waals surface area contributed by atoms with Gasteiger partial charge in [-0.05, 0) is 18.6 Å². The molecule has 0 unspecified atom stereocenters. The lowest BCUT2D eigenvalue weighted by Crippen LogP contribution is -2.15. The number of aromatic amines is 1. The summed E-state index contributed by atoms with van der Waals surface area (Å²) in [5.41, 5.74) is 4.41. The highest BCUT2D eigenvalue weighted by atomic mass is 15.1. The lowest BCUT2D eigenvalue weighted by Gasteiger charge is -2.19. The summed E-state index contributed by atoms with van der Waals surface area (Å²) >= 11 is 0. The van der Waals surface area contributed by atoms with Crippen LogP contribution >= 0.6 is 0 Å². The van der Waals surface area contributed by atoms with E-state index in [2.05, 4.69) is 48.9 Å². The van der Waals surface area contributed by atoms with Crippen LogP contribution in [0.25, 0.3) is 11.0 Å². The van der Waals surface area contributed by atoms with Crippen LogP contribution < -0.4 is 0 Å². The molecule has 3 heteroatoms. The van der Waals surface area contributed by atoms with Gasteiger partial charge in [-0.1, -0.05) is 20.8 Å². The molecule has 0 radical (unpaired) electrons. The molecule has 14 heavy (non-hydrogen) atoms. The summed E-state index contributed by atoms with van der Waals surface area (Å²) in [5, 5.41) is 6.90. The highest BCUT2D eigenvalue weighted by Crippen LogP contribution is 2.25. The van der Waals surface area contributed by atoms with Gasteiger partial charge in [-0.15, -0.1) is 0 Å². The van der Waals surface area contributed by atoms with Gasteiger partial charge < -0.3 is 0 Å². The molecule has 3 nitrogen and oxygen atoms in total. The normalized spacial score (nSPS) is 12.3. The van der Waals surface area contributed by atoms with Gasteiger partial charge >= 0.3 is 0 Å². The molecule has 0 fully saturated rings. The molecular weight excluding hydrogens is 174 g/mol. The smallest absolute Gasteiger partial charge is 0.108 e. The topological polar surface area (TPSA) is 41.6 Å². The fourth-order valence-electron chi connectivity index (χ4n) is 1.74. The summed E-state index contributed by atoms with van der Waals surface area (Å²) in [4.78, 5) is 4.61. The zero-order valence-corrected chi connectivity index (χ0v) is 9.05. The molecule has 1 N–H and O–H groups in total. The number of aryl methyl sites for hydroxylation is 1. The maximum Gasteiger partial charge on any atom is 0.108 e. The van der Waals surface area contributed by atoms with E-state index >= 15 is 0 Å². The maximum absolute atomic E-state index is 4.61. The van der Waals surface area contributed by atoms with Crippen molar-refractivity contribution in [3.05, 3.63) is 23.5 Å². The highest BCUT2D eigenvalue weighted by Gasteiger charge is 2.18. The molecule has 0 spiro atoms. The third-order valence-corrected chi connectivity index (χ3v) is 2.32. The van der Waals surface area contributed by atoms with Crippen LogP contribution in [-0.4, -0.2) is 15.2 Å². The number of rotatable bonds is 0. The van der Waals surface area contributed by atoms with Gasteiger partial charge in [-0.2, -0.15) is 5.10 Å². The molecule has 2 heterocycles. The Balaban J connectivity index is 2.71. The van der Waals surface area contributed by atoms with Gasteiger partial charge in [0.2, 0.25) is 0 Å².